The van der Waals surface area contributed by atoms with Crippen molar-refractivity contribution in [2.75, 3.05) is 0 Å². The third-order valence-electron chi connectivity index (χ3n) is 7.53. The molecular formula is C20H32O4. The lowest BCUT2D eigenvalue weighted by molar-refractivity contribution is -0.345. The SMILES string of the molecule is C=C[C@@]1(C)CC(=O)[C@@H]2[C@]3(C)[C@@H](CC[C@@]2(C)O1)C(C)(C)CCC3(O)O. The lowest BCUT2D eigenvalue weighted by Gasteiger charge is -2.67. The number of aliphatic hydroxyl groups is 2. The van der Waals surface area contributed by atoms with Gasteiger partial charge in [-0.05, 0) is 44.4 Å². The first kappa shape index (κ1) is 18.1. The zero-order valence-electron chi connectivity index (χ0n) is 15.7. The van der Waals surface area contributed by atoms with Gasteiger partial charge in [0.05, 0.1) is 17.1 Å². The van der Waals surface area contributed by atoms with Gasteiger partial charge in [0.2, 0.25) is 0 Å². The van der Waals surface area contributed by atoms with Crippen LogP contribution in [0.1, 0.15) is 66.7 Å². The minimum Gasteiger partial charge on any atom is -0.365 e. The molecule has 0 spiro atoms. The van der Waals surface area contributed by atoms with Gasteiger partial charge in [-0.1, -0.05) is 26.8 Å². The molecule has 5 atom stereocenters. The minimum absolute atomic E-state index is 0.0233. The van der Waals surface area contributed by atoms with Crippen LogP contribution in [0.15, 0.2) is 12.7 Å². The quantitative estimate of drug-likeness (QED) is 0.570. The zero-order chi connectivity index (χ0) is 18.2. The van der Waals surface area contributed by atoms with Gasteiger partial charge in [-0.2, -0.15) is 0 Å². The number of hydrogen-bond acceptors (Lipinski definition) is 4. The van der Waals surface area contributed by atoms with E-state index in [0.29, 0.717) is 6.42 Å². The van der Waals surface area contributed by atoms with Crippen LogP contribution in [0.2, 0.25) is 0 Å². The number of ether oxygens (including phenoxy) is 1. The molecule has 0 unspecified atom stereocenters. The molecule has 24 heavy (non-hydrogen) atoms. The smallest absolute Gasteiger partial charge is 0.169 e. The van der Waals surface area contributed by atoms with Gasteiger partial charge < -0.3 is 14.9 Å². The molecule has 0 radical (unpaired) electrons. The van der Waals surface area contributed by atoms with Crippen LogP contribution in [-0.4, -0.2) is 33.0 Å². The van der Waals surface area contributed by atoms with Crippen LogP contribution in [0.25, 0.3) is 0 Å². The van der Waals surface area contributed by atoms with E-state index >= 15 is 0 Å². The molecule has 136 valence electrons. The average molecular weight is 336 g/mol. The number of hydrogen-bond donors (Lipinski definition) is 2. The van der Waals surface area contributed by atoms with Crippen molar-refractivity contribution in [3.8, 4) is 0 Å². The molecule has 2 saturated carbocycles. The van der Waals surface area contributed by atoms with Crippen molar-refractivity contribution in [2.45, 2.75) is 83.7 Å². The Morgan fingerprint density at radius 3 is 2.33 bits per heavy atom. The summed E-state index contributed by atoms with van der Waals surface area (Å²) in [4.78, 5) is 13.2. The van der Waals surface area contributed by atoms with Gasteiger partial charge >= 0.3 is 0 Å². The molecule has 4 heteroatoms. The summed E-state index contributed by atoms with van der Waals surface area (Å²) >= 11 is 0. The Morgan fingerprint density at radius 1 is 1.12 bits per heavy atom. The highest BCUT2D eigenvalue weighted by Crippen LogP contribution is 2.67. The standard InChI is InChI=1S/C20H32O4/c1-7-17(4)12-13(21)15-18(5,24-17)9-8-14-16(2,3)10-11-20(22,23)19(14,15)6/h7,14-15,22-23H,1,8-12H2,2-6H3/t14-,15-,17-,18+,19-/m0/s1. The van der Waals surface area contributed by atoms with E-state index in [1.54, 1.807) is 6.08 Å². The highest BCUT2D eigenvalue weighted by atomic mass is 16.5. The second-order valence-corrected chi connectivity index (χ2v) is 9.69. The molecule has 1 saturated heterocycles. The predicted molar refractivity (Wildman–Crippen MR) is 92.2 cm³/mol. The van der Waals surface area contributed by atoms with E-state index in [2.05, 4.69) is 20.4 Å². The maximum atomic E-state index is 13.2. The summed E-state index contributed by atoms with van der Waals surface area (Å²) in [5, 5.41) is 21.9. The number of ketones is 1. The van der Waals surface area contributed by atoms with E-state index in [0.717, 1.165) is 19.3 Å². The molecule has 0 aromatic carbocycles. The first-order chi connectivity index (χ1) is 10.8. The lowest BCUT2D eigenvalue weighted by Crippen LogP contribution is -2.72. The fraction of sp³-hybridized carbons (Fsp3) is 0.850. The fourth-order valence-electron chi connectivity index (χ4n) is 6.28. The van der Waals surface area contributed by atoms with Crippen molar-refractivity contribution >= 4 is 5.78 Å². The van der Waals surface area contributed by atoms with Crippen LogP contribution in [0.4, 0.5) is 0 Å². The summed E-state index contributed by atoms with van der Waals surface area (Å²) in [5.74, 6) is -2.21. The molecule has 3 rings (SSSR count). The van der Waals surface area contributed by atoms with Gasteiger partial charge in [0.25, 0.3) is 0 Å². The Morgan fingerprint density at radius 2 is 1.75 bits per heavy atom. The Bertz CT molecular complexity index is 580. The molecule has 0 aromatic heterocycles. The molecule has 2 N–H and O–H groups in total. The second-order valence-electron chi connectivity index (χ2n) is 9.69. The first-order valence-corrected chi connectivity index (χ1v) is 9.13. The fourth-order valence-corrected chi connectivity index (χ4v) is 6.28. The number of fused-ring (bicyclic) bond motifs is 3. The molecule has 3 aliphatic rings. The molecule has 4 nitrogen and oxygen atoms in total. The van der Waals surface area contributed by atoms with Crippen LogP contribution >= 0.6 is 0 Å². The Balaban J connectivity index is 2.13. The highest BCUT2D eigenvalue weighted by molar-refractivity contribution is 5.85. The average Bonchev–Trinajstić information content (AvgIpc) is 2.42. The van der Waals surface area contributed by atoms with E-state index in [1.807, 2.05) is 20.8 Å². The van der Waals surface area contributed by atoms with Crippen LogP contribution in [-0.2, 0) is 9.53 Å². The Kier molecular flexibility index (Phi) is 3.71. The molecule has 0 amide bonds. The maximum Gasteiger partial charge on any atom is 0.169 e. The summed E-state index contributed by atoms with van der Waals surface area (Å²) in [6, 6.07) is 0. The topological polar surface area (TPSA) is 66.8 Å². The van der Waals surface area contributed by atoms with Crippen molar-refractivity contribution in [2.24, 2.45) is 22.7 Å². The molecule has 2 aliphatic carbocycles. The summed E-state index contributed by atoms with van der Waals surface area (Å²) in [6.07, 6.45) is 4.59. The van der Waals surface area contributed by atoms with E-state index in [1.165, 1.54) is 0 Å². The van der Waals surface area contributed by atoms with Crippen LogP contribution in [0.5, 0.6) is 0 Å². The second kappa shape index (κ2) is 4.93. The van der Waals surface area contributed by atoms with Crippen LogP contribution in [0, 0.1) is 22.7 Å². The van der Waals surface area contributed by atoms with Crippen molar-refractivity contribution in [1.29, 1.82) is 0 Å². The largest absolute Gasteiger partial charge is 0.365 e. The number of rotatable bonds is 1. The van der Waals surface area contributed by atoms with Gasteiger partial charge in [-0.15, -0.1) is 6.58 Å². The monoisotopic (exact) mass is 336 g/mol. The minimum atomic E-state index is -1.85. The van der Waals surface area contributed by atoms with Gasteiger partial charge in [0.1, 0.15) is 5.78 Å². The normalized spacial score (nSPS) is 49.9. The number of carbonyl (C=O) groups is 1. The summed E-state index contributed by atoms with van der Waals surface area (Å²) in [7, 11) is 0. The van der Waals surface area contributed by atoms with E-state index < -0.39 is 28.3 Å². The summed E-state index contributed by atoms with van der Waals surface area (Å²) < 4.78 is 6.40. The Hall–Kier alpha value is -0.710. The third kappa shape index (κ3) is 2.19. The number of carbonyl (C=O) groups excluding carboxylic acids is 1. The van der Waals surface area contributed by atoms with Crippen LogP contribution < -0.4 is 0 Å². The molecule has 3 fully saturated rings. The third-order valence-corrected chi connectivity index (χ3v) is 7.53. The van der Waals surface area contributed by atoms with Crippen molar-refractivity contribution < 1.29 is 19.7 Å². The van der Waals surface area contributed by atoms with Crippen LogP contribution in [0.3, 0.4) is 0 Å². The summed E-state index contributed by atoms with van der Waals surface area (Å²) in [5.41, 5.74) is -2.29. The van der Waals surface area contributed by atoms with E-state index in [-0.39, 0.29) is 23.5 Å². The maximum absolute atomic E-state index is 13.2. The molecule has 1 aliphatic heterocycles. The zero-order valence-corrected chi connectivity index (χ0v) is 15.7. The van der Waals surface area contributed by atoms with Crippen molar-refractivity contribution in [1.82, 2.24) is 0 Å². The highest BCUT2D eigenvalue weighted by Gasteiger charge is 2.71. The molecular weight excluding hydrogens is 304 g/mol. The molecule has 1 heterocycles. The predicted octanol–water partition coefficient (Wildman–Crippen LogP) is 3.21. The van der Waals surface area contributed by atoms with E-state index in [9.17, 15) is 15.0 Å². The molecule has 0 aromatic rings. The van der Waals surface area contributed by atoms with Crippen molar-refractivity contribution in [3.05, 3.63) is 12.7 Å². The first-order valence-electron chi connectivity index (χ1n) is 9.13. The lowest BCUT2D eigenvalue weighted by atomic mass is 9.42. The van der Waals surface area contributed by atoms with Crippen molar-refractivity contribution in [3.63, 3.8) is 0 Å². The van der Waals surface area contributed by atoms with Gasteiger partial charge in [-0.3, -0.25) is 4.79 Å². The van der Waals surface area contributed by atoms with Gasteiger partial charge in [-0.25, -0.2) is 0 Å². The van der Waals surface area contributed by atoms with Gasteiger partial charge in [0, 0.05) is 18.3 Å². The Labute approximate surface area is 145 Å². The number of Topliss-reactive ketones (excluding diaryl/α,β-unsaturated/α-hetero) is 1. The van der Waals surface area contributed by atoms with E-state index in [4.69, 9.17) is 4.74 Å². The summed E-state index contributed by atoms with van der Waals surface area (Å²) in [6.45, 7) is 14.0. The molecule has 0 bridgehead atoms. The van der Waals surface area contributed by atoms with Gasteiger partial charge in [0.15, 0.2) is 5.79 Å².